The van der Waals surface area contributed by atoms with Gasteiger partial charge in [0.1, 0.15) is 18.7 Å². The molecular weight excluding hydrogens is 468 g/mol. The van der Waals surface area contributed by atoms with Crippen LogP contribution in [0, 0.1) is 21.4 Å². The van der Waals surface area contributed by atoms with Gasteiger partial charge in [0.25, 0.3) is 11.6 Å². The van der Waals surface area contributed by atoms with Crippen LogP contribution in [-0.4, -0.2) is 25.6 Å². The van der Waals surface area contributed by atoms with Gasteiger partial charge in [0.2, 0.25) is 0 Å². The number of aromatic nitrogens is 3. The third kappa shape index (κ3) is 5.82. The first kappa shape index (κ1) is 23.5. The number of ether oxygens (including phenoxy) is 1. The van der Waals surface area contributed by atoms with Gasteiger partial charge in [-0.1, -0.05) is 18.2 Å². The minimum atomic E-state index is -0.536. The third-order valence-electron chi connectivity index (χ3n) is 4.84. The molecule has 0 radical (unpaired) electrons. The maximum absolute atomic E-state index is 12.8. The highest BCUT2D eigenvalue weighted by Crippen LogP contribution is 2.34. The van der Waals surface area contributed by atoms with E-state index in [-0.39, 0.29) is 17.9 Å². The number of hydrogen-bond donors (Lipinski definition) is 1. The molecule has 1 amide bonds. The van der Waals surface area contributed by atoms with E-state index < -0.39 is 10.8 Å². The lowest BCUT2D eigenvalue weighted by atomic mass is 10.1. The molecule has 0 aliphatic heterocycles. The van der Waals surface area contributed by atoms with Crippen molar-refractivity contribution < 1.29 is 14.5 Å². The summed E-state index contributed by atoms with van der Waals surface area (Å²) in [6.45, 7) is 0.254. The summed E-state index contributed by atoms with van der Waals surface area (Å²) >= 11 is 1.09. The fraction of sp³-hybridized carbons (Fsp3) is 0.0833. The summed E-state index contributed by atoms with van der Waals surface area (Å²) in [5.74, 6) is 0.0220. The predicted octanol–water partition coefficient (Wildman–Crippen LogP) is 4.58. The number of aryl methyl sites for hydroxylation is 1. The monoisotopic (exact) mass is 486 g/mol. The third-order valence-corrected chi connectivity index (χ3v) is 5.96. The first-order valence-electron chi connectivity index (χ1n) is 10.3. The summed E-state index contributed by atoms with van der Waals surface area (Å²) < 4.78 is 7.42. The summed E-state index contributed by atoms with van der Waals surface area (Å²) in [5.41, 5.74) is 1.78. The van der Waals surface area contributed by atoms with Gasteiger partial charge in [-0.3, -0.25) is 14.9 Å². The second-order valence-electron chi connectivity index (χ2n) is 7.35. The Morgan fingerprint density at radius 2 is 2.03 bits per heavy atom. The second kappa shape index (κ2) is 10.5. The van der Waals surface area contributed by atoms with Crippen LogP contribution in [0.3, 0.4) is 0 Å². The Balaban J connectivity index is 1.46. The molecule has 0 fully saturated rings. The average Bonchev–Trinajstić information content (AvgIpc) is 3.27. The Kier molecular flexibility index (Phi) is 7.04. The zero-order valence-electron chi connectivity index (χ0n) is 18.4. The van der Waals surface area contributed by atoms with Crippen LogP contribution < -0.4 is 10.1 Å². The highest BCUT2D eigenvalue weighted by molar-refractivity contribution is 7.99. The van der Waals surface area contributed by atoms with Crippen molar-refractivity contribution in [3.05, 3.63) is 99.9 Å². The quantitative estimate of drug-likeness (QED) is 0.282. The van der Waals surface area contributed by atoms with Crippen molar-refractivity contribution in [3.8, 4) is 11.8 Å². The Bertz CT molecular complexity index is 1450. The van der Waals surface area contributed by atoms with Crippen molar-refractivity contribution >= 4 is 29.0 Å². The summed E-state index contributed by atoms with van der Waals surface area (Å²) in [6.07, 6.45) is 1.50. The highest BCUT2D eigenvalue weighted by Gasteiger charge is 2.20. The lowest BCUT2D eigenvalue weighted by Crippen LogP contribution is -2.12. The molecule has 11 heteroatoms. The minimum absolute atomic E-state index is 0.138. The van der Waals surface area contributed by atoms with E-state index in [1.54, 1.807) is 54.1 Å². The molecule has 0 unspecified atom stereocenters. The van der Waals surface area contributed by atoms with Crippen LogP contribution in [0.2, 0.25) is 0 Å². The molecule has 4 rings (SSSR count). The molecule has 10 nitrogen and oxygen atoms in total. The summed E-state index contributed by atoms with van der Waals surface area (Å²) in [6, 6.07) is 20.2. The standard InChI is InChI=1S/C24H18N6O4S/c1-29-15-26-28-24(29)35-22-9-8-18(11-21(22)30(32)33)23(31)27-19-6-3-7-20(12-19)34-14-17-5-2-4-16(10-17)13-25/h2-12,15H,14H2,1H3,(H,27,31). The number of nitro benzene ring substituents is 1. The smallest absolute Gasteiger partial charge is 0.284 e. The number of carbonyl (C=O) groups excluding carboxylic acids is 1. The van der Waals surface area contributed by atoms with E-state index in [0.29, 0.717) is 27.1 Å². The minimum Gasteiger partial charge on any atom is -0.489 e. The predicted molar refractivity (Wildman–Crippen MR) is 128 cm³/mol. The van der Waals surface area contributed by atoms with Crippen LogP contribution in [0.5, 0.6) is 5.75 Å². The summed E-state index contributed by atoms with van der Waals surface area (Å²) in [7, 11) is 1.73. The van der Waals surface area contributed by atoms with Gasteiger partial charge in [0.05, 0.1) is 21.5 Å². The van der Waals surface area contributed by atoms with Gasteiger partial charge in [-0.15, -0.1) is 10.2 Å². The van der Waals surface area contributed by atoms with E-state index in [1.807, 2.05) is 6.07 Å². The number of rotatable bonds is 8. The van der Waals surface area contributed by atoms with Crippen LogP contribution >= 0.6 is 11.8 Å². The van der Waals surface area contributed by atoms with E-state index in [9.17, 15) is 14.9 Å². The summed E-state index contributed by atoms with van der Waals surface area (Å²) in [4.78, 5) is 24.2. The van der Waals surface area contributed by atoms with Crippen LogP contribution in [0.15, 0.2) is 83.1 Å². The maximum atomic E-state index is 12.8. The van der Waals surface area contributed by atoms with E-state index in [2.05, 4.69) is 21.6 Å². The van der Waals surface area contributed by atoms with Crippen molar-refractivity contribution in [2.75, 3.05) is 5.32 Å². The molecule has 0 saturated carbocycles. The Labute approximate surface area is 204 Å². The number of nitrogens with zero attached hydrogens (tertiary/aromatic N) is 5. The Morgan fingerprint density at radius 1 is 1.20 bits per heavy atom. The molecule has 1 N–H and O–H groups in total. The molecule has 3 aromatic carbocycles. The molecule has 0 saturated heterocycles. The van der Waals surface area contributed by atoms with Crippen LogP contribution in [0.4, 0.5) is 11.4 Å². The van der Waals surface area contributed by atoms with Crippen LogP contribution in [0.1, 0.15) is 21.5 Å². The van der Waals surface area contributed by atoms with E-state index in [4.69, 9.17) is 10.00 Å². The van der Waals surface area contributed by atoms with Crippen LogP contribution in [0.25, 0.3) is 0 Å². The van der Waals surface area contributed by atoms with Gasteiger partial charge in [-0.25, -0.2) is 0 Å². The first-order chi connectivity index (χ1) is 16.9. The largest absolute Gasteiger partial charge is 0.489 e. The van der Waals surface area contributed by atoms with Gasteiger partial charge < -0.3 is 14.6 Å². The lowest BCUT2D eigenvalue weighted by Gasteiger charge is -2.10. The highest BCUT2D eigenvalue weighted by atomic mass is 32.2. The molecule has 0 atom stereocenters. The molecule has 1 aromatic heterocycles. The number of amides is 1. The SMILES string of the molecule is Cn1cnnc1Sc1ccc(C(=O)Nc2cccc(OCc3cccc(C#N)c3)c2)cc1[N+](=O)[O-]. The molecule has 0 bridgehead atoms. The number of nitro groups is 1. The van der Waals surface area contributed by atoms with E-state index in [1.165, 1.54) is 24.5 Å². The fourth-order valence-electron chi connectivity index (χ4n) is 3.12. The number of carbonyl (C=O) groups is 1. The van der Waals surface area contributed by atoms with Crippen LogP contribution in [-0.2, 0) is 13.7 Å². The molecular formula is C24H18N6O4S. The maximum Gasteiger partial charge on any atom is 0.284 e. The van der Waals surface area contributed by atoms with E-state index in [0.717, 1.165) is 17.3 Å². The molecule has 1 heterocycles. The average molecular weight is 487 g/mol. The molecule has 4 aromatic rings. The van der Waals surface area contributed by atoms with Crippen molar-refractivity contribution in [1.82, 2.24) is 14.8 Å². The van der Waals surface area contributed by atoms with Gasteiger partial charge in [-0.2, -0.15) is 5.26 Å². The van der Waals surface area contributed by atoms with E-state index >= 15 is 0 Å². The topological polar surface area (TPSA) is 136 Å². The number of benzene rings is 3. The van der Waals surface area contributed by atoms with Crippen molar-refractivity contribution in [2.45, 2.75) is 16.7 Å². The molecule has 0 aliphatic carbocycles. The van der Waals surface area contributed by atoms with Crippen molar-refractivity contribution in [1.29, 1.82) is 5.26 Å². The normalized spacial score (nSPS) is 10.4. The molecule has 174 valence electrons. The second-order valence-corrected chi connectivity index (χ2v) is 8.36. The Morgan fingerprint density at radius 3 is 2.77 bits per heavy atom. The lowest BCUT2D eigenvalue weighted by molar-refractivity contribution is -0.387. The number of nitriles is 1. The van der Waals surface area contributed by atoms with Gasteiger partial charge >= 0.3 is 0 Å². The van der Waals surface area contributed by atoms with Crippen molar-refractivity contribution in [2.24, 2.45) is 7.05 Å². The Hall–Kier alpha value is -4.69. The number of hydrogen-bond acceptors (Lipinski definition) is 8. The van der Waals surface area contributed by atoms with Gasteiger partial charge in [-0.05, 0) is 53.7 Å². The first-order valence-corrected chi connectivity index (χ1v) is 11.1. The molecule has 35 heavy (non-hydrogen) atoms. The molecule has 0 aliphatic rings. The fourth-order valence-corrected chi connectivity index (χ4v) is 3.97. The number of anilines is 1. The zero-order chi connectivity index (χ0) is 24.8. The van der Waals surface area contributed by atoms with Crippen molar-refractivity contribution in [3.63, 3.8) is 0 Å². The van der Waals surface area contributed by atoms with Gasteiger partial charge in [0.15, 0.2) is 5.16 Å². The van der Waals surface area contributed by atoms with Gasteiger partial charge in [0, 0.05) is 30.4 Å². The zero-order valence-corrected chi connectivity index (χ0v) is 19.2. The molecule has 0 spiro atoms. The summed E-state index contributed by atoms with van der Waals surface area (Å²) in [5, 5.41) is 31.6. The number of nitrogens with one attached hydrogen (secondary N) is 1.